The summed E-state index contributed by atoms with van der Waals surface area (Å²) in [5.41, 5.74) is 1.52. The molecule has 0 saturated heterocycles. The van der Waals surface area contributed by atoms with E-state index in [-0.39, 0.29) is 0 Å². The number of hydrogen-bond donors (Lipinski definition) is 0. The highest BCUT2D eigenvalue weighted by atomic mass is 16.2. The van der Waals surface area contributed by atoms with E-state index in [0.717, 1.165) is 25.9 Å². The molecule has 0 bridgehead atoms. The third-order valence-corrected chi connectivity index (χ3v) is 4.42. The lowest BCUT2D eigenvalue weighted by Gasteiger charge is -2.25. The molecule has 2 aliphatic rings. The monoisotopic (exact) mass is 261 g/mol. The summed E-state index contributed by atoms with van der Waals surface area (Å²) in [4.78, 5) is 14.0. The third-order valence-electron chi connectivity index (χ3n) is 4.42. The summed E-state index contributed by atoms with van der Waals surface area (Å²) in [5, 5.41) is 0. The Morgan fingerprint density at radius 1 is 1.42 bits per heavy atom. The molecule has 2 heteroatoms. The Morgan fingerprint density at radius 3 is 2.74 bits per heavy atom. The van der Waals surface area contributed by atoms with E-state index >= 15 is 0 Å². The van der Waals surface area contributed by atoms with Crippen molar-refractivity contribution in [2.24, 2.45) is 17.8 Å². The van der Waals surface area contributed by atoms with E-state index in [1.807, 2.05) is 4.90 Å². The van der Waals surface area contributed by atoms with Gasteiger partial charge in [-0.2, -0.15) is 0 Å². The molecule has 106 valence electrons. The van der Waals surface area contributed by atoms with Crippen LogP contribution in [0.4, 0.5) is 0 Å². The van der Waals surface area contributed by atoms with Crippen molar-refractivity contribution in [2.75, 3.05) is 13.1 Å². The van der Waals surface area contributed by atoms with E-state index in [4.69, 9.17) is 0 Å². The molecule has 1 fully saturated rings. The minimum Gasteiger partial charge on any atom is -0.339 e. The highest BCUT2D eigenvalue weighted by molar-refractivity contribution is 5.81. The largest absolute Gasteiger partial charge is 0.339 e. The first-order valence-corrected chi connectivity index (χ1v) is 7.74. The first-order valence-electron chi connectivity index (χ1n) is 7.74. The number of rotatable bonds is 5. The maximum Gasteiger partial charge on any atom is 0.225 e. The zero-order chi connectivity index (χ0) is 13.8. The van der Waals surface area contributed by atoms with Gasteiger partial charge in [-0.25, -0.2) is 0 Å². The number of amides is 1. The minimum absolute atomic E-state index is 0.340. The lowest BCUT2D eigenvalue weighted by Crippen LogP contribution is -2.32. The second kappa shape index (κ2) is 6.40. The second-order valence-electron chi connectivity index (χ2n) is 6.15. The molecule has 0 aromatic heterocycles. The molecule has 0 radical (unpaired) electrons. The molecule has 0 spiro atoms. The Morgan fingerprint density at radius 2 is 2.16 bits per heavy atom. The highest BCUT2D eigenvalue weighted by Crippen LogP contribution is 2.31. The topological polar surface area (TPSA) is 20.3 Å². The molecule has 2 aliphatic carbocycles. The maximum atomic E-state index is 12.0. The molecular weight excluding hydrogens is 234 g/mol. The van der Waals surface area contributed by atoms with Gasteiger partial charge in [-0.3, -0.25) is 4.79 Å². The Hall–Kier alpha value is -1.05. The number of hydrogen-bond acceptors (Lipinski definition) is 1. The van der Waals surface area contributed by atoms with Crippen molar-refractivity contribution >= 4 is 5.91 Å². The van der Waals surface area contributed by atoms with Gasteiger partial charge in [0.25, 0.3) is 0 Å². The Labute approximate surface area is 117 Å². The Balaban J connectivity index is 1.83. The van der Waals surface area contributed by atoms with Crippen LogP contribution in [0.2, 0.25) is 0 Å². The van der Waals surface area contributed by atoms with Crippen molar-refractivity contribution in [3.8, 4) is 0 Å². The van der Waals surface area contributed by atoms with Gasteiger partial charge in [-0.1, -0.05) is 30.7 Å². The quantitative estimate of drug-likeness (QED) is 0.689. The fourth-order valence-electron chi connectivity index (χ4n) is 2.91. The summed E-state index contributed by atoms with van der Waals surface area (Å²) in [6.07, 6.45) is 11.6. The van der Waals surface area contributed by atoms with Gasteiger partial charge in [-0.15, -0.1) is 0 Å². The predicted octanol–water partition coefficient (Wildman–Crippen LogP) is 3.79. The standard InChI is InChI=1S/C17H27NO/c1-4-18(17(19)16-9-10-16)11-5-6-15-8-7-13(2)12-14(15)3/h5-6,12,14-16H,4,7-11H2,1-3H3/b6-5-. The molecule has 2 nitrogen and oxygen atoms in total. The first-order chi connectivity index (χ1) is 9.11. The normalized spacial score (nSPS) is 27.4. The van der Waals surface area contributed by atoms with E-state index in [9.17, 15) is 4.79 Å². The minimum atomic E-state index is 0.340. The summed E-state index contributed by atoms with van der Waals surface area (Å²) in [7, 11) is 0. The molecule has 1 amide bonds. The van der Waals surface area contributed by atoms with Gasteiger partial charge in [0.05, 0.1) is 0 Å². The molecule has 0 N–H and O–H groups in total. The van der Waals surface area contributed by atoms with Gasteiger partial charge in [0, 0.05) is 19.0 Å². The molecule has 2 rings (SSSR count). The van der Waals surface area contributed by atoms with Crippen LogP contribution in [0.25, 0.3) is 0 Å². The molecule has 0 heterocycles. The van der Waals surface area contributed by atoms with Crippen LogP contribution < -0.4 is 0 Å². The van der Waals surface area contributed by atoms with Crippen molar-refractivity contribution in [1.82, 2.24) is 4.90 Å². The van der Waals surface area contributed by atoms with E-state index in [0.29, 0.717) is 23.7 Å². The number of nitrogens with zero attached hydrogens (tertiary/aromatic N) is 1. The predicted molar refractivity (Wildman–Crippen MR) is 79.8 cm³/mol. The highest BCUT2D eigenvalue weighted by Gasteiger charge is 2.32. The van der Waals surface area contributed by atoms with Crippen LogP contribution in [-0.4, -0.2) is 23.9 Å². The van der Waals surface area contributed by atoms with Gasteiger partial charge in [0.1, 0.15) is 0 Å². The molecule has 0 aliphatic heterocycles. The molecule has 2 unspecified atom stereocenters. The number of likely N-dealkylation sites (N-methyl/N-ethyl adjacent to an activating group) is 1. The number of carbonyl (C=O) groups is 1. The fourth-order valence-corrected chi connectivity index (χ4v) is 2.91. The average molecular weight is 261 g/mol. The van der Waals surface area contributed by atoms with Gasteiger partial charge >= 0.3 is 0 Å². The summed E-state index contributed by atoms with van der Waals surface area (Å²) in [5.74, 6) is 1.99. The first kappa shape index (κ1) is 14.4. The summed E-state index contributed by atoms with van der Waals surface area (Å²) >= 11 is 0. The van der Waals surface area contributed by atoms with E-state index in [2.05, 4.69) is 39.0 Å². The molecule has 0 aromatic carbocycles. The van der Waals surface area contributed by atoms with Gasteiger partial charge in [0.15, 0.2) is 0 Å². The molecule has 2 atom stereocenters. The van der Waals surface area contributed by atoms with Crippen LogP contribution in [-0.2, 0) is 4.79 Å². The summed E-state index contributed by atoms with van der Waals surface area (Å²) < 4.78 is 0. The zero-order valence-electron chi connectivity index (χ0n) is 12.6. The molecular formula is C17H27NO. The summed E-state index contributed by atoms with van der Waals surface area (Å²) in [6, 6.07) is 0. The molecule has 1 saturated carbocycles. The fraction of sp³-hybridized carbons (Fsp3) is 0.706. The second-order valence-corrected chi connectivity index (χ2v) is 6.15. The molecule has 19 heavy (non-hydrogen) atoms. The van der Waals surface area contributed by atoms with Gasteiger partial charge in [0.2, 0.25) is 5.91 Å². The Kier molecular flexibility index (Phi) is 4.84. The summed E-state index contributed by atoms with van der Waals surface area (Å²) in [6.45, 7) is 8.22. The Bertz CT molecular complexity index is 379. The third kappa shape index (κ3) is 3.95. The van der Waals surface area contributed by atoms with Crippen molar-refractivity contribution in [3.05, 3.63) is 23.8 Å². The van der Waals surface area contributed by atoms with Crippen molar-refractivity contribution < 1.29 is 4.79 Å². The average Bonchev–Trinajstić information content (AvgIpc) is 3.20. The van der Waals surface area contributed by atoms with E-state index in [1.54, 1.807) is 0 Å². The van der Waals surface area contributed by atoms with Crippen molar-refractivity contribution in [1.29, 1.82) is 0 Å². The van der Waals surface area contributed by atoms with Crippen LogP contribution in [0.15, 0.2) is 23.8 Å². The number of carbonyl (C=O) groups excluding carboxylic acids is 1. The smallest absolute Gasteiger partial charge is 0.225 e. The van der Waals surface area contributed by atoms with E-state index < -0.39 is 0 Å². The van der Waals surface area contributed by atoms with Crippen LogP contribution in [0.5, 0.6) is 0 Å². The SMILES string of the molecule is CCN(C/C=C\C1CCC(C)=CC1C)C(=O)C1CC1. The lowest BCUT2D eigenvalue weighted by atomic mass is 9.82. The van der Waals surface area contributed by atoms with Crippen molar-refractivity contribution in [3.63, 3.8) is 0 Å². The van der Waals surface area contributed by atoms with Gasteiger partial charge < -0.3 is 4.90 Å². The maximum absolute atomic E-state index is 12.0. The van der Waals surface area contributed by atoms with Gasteiger partial charge in [-0.05, 0) is 51.4 Å². The van der Waals surface area contributed by atoms with Crippen LogP contribution in [0.1, 0.15) is 46.5 Å². The van der Waals surface area contributed by atoms with Crippen LogP contribution in [0, 0.1) is 17.8 Å². The molecule has 0 aromatic rings. The lowest BCUT2D eigenvalue weighted by molar-refractivity contribution is -0.131. The van der Waals surface area contributed by atoms with Crippen LogP contribution >= 0.6 is 0 Å². The zero-order valence-corrected chi connectivity index (χ0v) is 12.6. The van der Waals surface area contributed by atoms with Crippen LogP contribution in [0.3, 0.4) is 0 Å². The number of allylic oxidation sites excluding steroid dienone is 3. The van der Waals surface area contributed by atoms with Crippen molar-refractivity contribution in [2.45, 2.75) is 46.5 Å². The van der Waals surface area contributed by atoms with E-state index in [1.165, 1.54) is 18.4 Å².